The molecule has 0 atom stereocenters. The van der Waals surface area contributed by atoms with Gasteiger partial charge in [0.25, 0.3) is 0 Å². The third-order valence-corrected chi connectivity index (χ3v) is 3.96. The summed E-state index contributed by atoms with van der Waals surface area (Å²) in [5, 5.41) is 2.14. The Morgan fingerprint density at radius 2 is 2.07 bits per heavy atom. The van der Waals surface area contributed by atoms with Crippen LogP contribution in [-0.2, 0) is 12.8 Å². The van der Waals surface area contributed by atoms with E-state index in [-0.39, 0.29) is 0 Å². The van der Waals surface area contributed by atoms with Crippen molar-refractivity contribution in [3.8, 4) is 10.4 Å². The normalized spacial score (nSPS) is 14.9. The van der Waals surface area contributed by atoms with Crippen LogP contribution in [-0.4, -0.2) is 4.98 Å². The van der Waals surface area contributed by atoms with Gasteiger partial charge in [-0.2, -0.15) is 0 Å². The predicted molar refractivity (Wildman–Crippen MR) is 64.2 cm³/mol. The minimum absolute atomic E-state index is 1.21. The summed E-state index contributed by atoms with van der Waals surface area (Å²) in [4.78, 5) is 5.72. The van der Waals surface area contributed by atoms with Gasteiger partial charge < -0.3 is 0 Å². The van der Waals surface area contributed by atoms with Crippen LogP contribution >= 0.6 is 11.3 Å². The lowest BCUT2D eigenvalue weighted by Gasteiger charge is -2.17. The Hall–Kier alpha value is -1.15. The van der Waals surface area contributed by atoms with Crippen LogP contribution in [0.5, 0.6) is 0 Å². The third-order valence-electron chi connectivity index (χ3n) is 3.06. The molecule has 1 aliphatic carbocycles. The van der Waals surface area contributed by atoms with Crippen molar-refractivity contribution in [3.05, 3.63) is 41.0 Å². The highest BCUT2D eigenvalue weighted by Crippen LogP contribution is 2.32. The van der Waals surface area contributed by atoms with Crippen LogP contribution in [0.3, 0.4) is 0 Å². The molecule has 0 amide bonds. The molecule has 1 aliphatic rings. The minimum Gasteiger partial charge on any atom is -0.264 e. The molecule has 1 nitrogen and oxygen atoms in total. The fourth-order valence-corrected chi connectivity index (χ4v) is 3.07. The largest absolute Gasteiger partial charge is 0.264 e. The molecule has 2 aromatic rings. The molecular formula is C13H13NS. The van der Waals surface area contributed by atoms with Gasteiger partial charge in [0.05, 0.1) is 0 Å². The monoisotopic (exact) mass is 215 g/mol. The first-order valence-corrected chi connectivity index (χ1v) is 6.33. The van der Waals surface area contributed by atoms with Crippen LogP contribution in [0.15, 0.2) is 29.9 Å². The highest BCUT2D eigenvalue weighted by Gasteiger charge is 2.14. The Morgan fingerprint density at radius 1 is 1.13 bits per heavy atom. The molecule has 0 saturated carbocycles. The van der Waals surface area contributed by atoms with Crippen LogP contribution < -0.4 is 0 Å². The van der Waals surface area contributed by atoms with Crippen molar-refractivity contribution in [2.45, 2.75) is 25.7 Å². The molecule has 2 heteroatoms. The number of aromatic nitrogens is 1. The lowest BCUT2D eigenvalue weighted by molar-refractivity contribution is 0.683. The molecular weight excluding hydrogens is 202 g/mol. The molecule has 0 aromatic carbocycles. The van der Waals surface area contributed by atoms with Crippen molar-refractivity contribution in [1.82, 2.24) is 4.98 Å². The van der Waals surface area contributed by atoms with Gasteiger partial charge in [-0.15, -0.1) is 11.3 Å². The lowest BCUT2D eigenvalue weighted by atomic mass is 9.90. The number of pyridine rings is 1. The van der Waals surface area contributed by atoms with Gasteiger partial charge in [0.2, 0.25) is 0 Å². The van der Waals surface area contributed by atoms with Crippen LogP contribution in [0, 0.1) is 0 Å². The molecule has 0 unspecified atom stereocenters. The number of aryl methyl sites for hydroxylation is 1. The van der Waals surface area contributed by atoms with E-state index in [2.05, 4.69) is 22.5 Å². The predicted octanol–water partition coefficient (Wildman–Crippen LogP) is 3.69. The molecule has 0 fully saturated rings. The zero-order chi connectivity index (χ0) is 10.1. The number of rotatable bonds is 1. The summed E-state index contributed by atoms with van der Waals surface area (Å²) in [6.45, 7) is 0. The van der Waals surface area contributed by atoms with E-state index in [0.29, 0.717) is 0 Å². The molecule has 2 aromatic heterocycles. The van der Waals surface area contributed by atoms with E-state index in [9.17, 15) is 0 Å². The first-order valence-electron chi connectivity index (χ1n) is 5.45. The molecule has 0 saturated heterocycles. The van der Waals surface area contributed by atoms with Crippen LogP contribution in [0.1, 0.15) is 24.0 Å². The summed E-state index contributed by atoms with van der Waals surface area (Å²) in [5.41, 5.74) is 4.37. The number of nitrogens with zero attached hydrogens (tertiary/aromatic N) is 1. The van der Waals surface area contributed by atoms with Crippen molar-refractivity contribution < 1.29 is 0 Å². The Morgan fingerprint density at radius 3 is 2.93 bits per heavy atom. The van der Waals surface area contributed by atoms with Crippen molar-refractivity contribution in [2.24, 2.45) is 0 Å². The van der Waals surface area contributed by atoms with Gasteiger partial charge in [0, 0.05) is 22.8 Å². The van der Waals surface area contributed by atoms with Crippen LogP contribution in [0.2, 0.25) is 0 Å². The summed E-state index contributed by atoms with van der Waals surface area (Å²) in [6.07, 6.45) is 9.16. The summed E-state index contributed by atoms with van der Waals surface area (Å²) in [7, 11) is 0. The summed E-state index contributed by atoms with van der Waals surface area (Å²) >= 11 is 1.81. The number of thiophene rings is 1. The van der Waals surface area contributed by atoms with Crippen LogP contribution in [0.25, 0.3) is 10.4 Å². The molecule has 0 spiro atoms. The van der Waals surface area contributed by atoms with E-state index in [4.69, 9.17) is 0 Å². The fraction of sp³-hybridized carbons (Fsp3) is 0.308. The van der Waals surface area contributed by atoms with E-state index < -0.39 is 0 Å². The summed E-state index contributed by atoms with van der Waals surface area (Å²) < 4.78 is 0. The highest BCUT2D eigenvalue weighted by molar-refractivity contribution is 7.13. The topological polar surface area (TPSA) is 12.9 Å². The maximum Gasteiger partial charge on any atom is 0.0361 e. The van der Waals surface area contributed by atoms with Crippen molar-refractivity contribution in [1.29, 1.82) is 0 Å². The smallest absolute Gasteiger partial charge is 0.0361 e. The van der Waals surface area contributed by atoms with Gasteiger partial charge in [-0.05, 0) is 48.3 Å². The highest BCUT2D eigenvalue weighted by atomic mass is 32.1. The molecule has 0 N–H and O–H groups in total. The molecule has 15 heavy (non-hydrogen) atoms. The Kier molecular flexibility index (Phi) is 2.29. The second-order valence-electron chi connectivity index (χ2n) is 4.01. The number of hydrogen-bond acceptors (Lipinski definition) is 2. The van der Waals surface area contributed by atoms with Crippen LogP contribution in [0.4, 0.5) is 0 Å². The average Bonchev–Trinajstić information content (AvgIpc) is 2.82. The molecule has 76 valence electrons. The first kappa shape index (κ1) is 9.10. The lowest BCUT2D eigenvalue weighted by Crippen LogP contribution is -2.04. The quantitative estimate of drug-likeness (QED) is 0.707. The van der Waals surface area contributed by atoms with Gasteiger partial charge in [0.15, 0.2) is 0 Å². The second kappa shape index (κ2) is 3.78. The zero-order valence-corrected chi connectivity index (χ0v) is 9.39. The molecule has 0 aliphatic heterocycles. The van der Waals surface area contributed by atoms with Gasteiger partial charge in [-0.1, -0.05) is 6.07 Å². The fourth-order valence-electron chi connectivity index (χ4n) is 2.30. The Labute approximate surface area is 93.8 Å². The molecule has 3 rings (SSSR count). The zero-order valence-electron chi connectivity index (χ0n) is 8.57. The molecule has 0 bridgehead atoms. The third kappa shape index (κ3) is 1.59. The van der Waals surface area contributed by atoms with Crippen molar-refractivity contribution >= 4 is 11.3 Å². The minimum atomic E-state index is 1.21. The van der Waals surface area contributed by atoms with Gasteiger partial charge in [0.1, 0.15) is 0 Å². The Balaban J connectivity index is 2.15. The molecule has 2 heterocycles. The van der Waals surface area contributed by atoms with E-state index in [0.717, 1.165) is 0 Å². The average molecular weight is 215 g/mol. The van der Waals surface area contributed by atoms with Gasteiger partial charge in [-0.25, -0.2) is 0 Å². The van der Waals surface area contributed by atoms with E-state index in [1.54, 1.807) is 5.56 Å². The van der Waals surface area contributed by atoms with E-state index in [1.165, 1.54) is 41.7 Å². The standard InChI is InChI=1S/C13H13NS/c1-2-5-11-10(4-1)8-14-9-12(11)13-6-3-7-15-13/h3,6-9H,1-2,4-5H2. The number of hydrogen-bond donors (Lipinski definition) is 0. The first-order chi connectivity index (χ1) is 7.45. The van der Waals surface area contributed by atoms with E-state index >= 15 is 0 Å². The SMILES string of the molecule is c1csc(-c2cncc3c2CCCC3)c1. The summed E-state index contributed by atoms with van der Waals surface area (Å²) in [5.74, 6) is 0. The van der Waals surface area contributed by atoms with Gasteiger partial charge >= 0.3 is 0 Å². The Bertz CT molecular complexity index is 459. The van der Waals surface area contributed by atoms with Crippen molar-refractivity contribution in [2.75, 3.05) is 0 Å². The summed E-state index contributed by atoms with van der Waals surface area (Å²) in [6, 6.07) is 4.30. The number of fused-ring (bicyclic) bond motifs is 1. The van der Waals surface area contributed by atoms with E-state index in [1.807, 2.05) is 23.7 Å². The maximum absolute atomic E-state index is 4.36. The van der Waals surface area contributed by atoms with Crippen molar-refractivity contribution in [3.63, 3.8) is 0 Å². The second-order valence-corrected chi connectivity index (χ2v) is 4.96. The maximum atomic E-state index is 4.36. The van der Waals surface area contributed by atoms with Gasteiger partial charge in [-0.3, -0.25) is 4.98 Å². The molecule has 0 radical (unpaired) electrons.